The number of fused-ring (bicyclic) bond motifs is 3. The second-order valence-corrected chi connectivity index (χ2v) is 20.3. The molecule has 0 N–H and O–H groups in total. The Morgan fingerprint density at radius 2 is 0.942 bits per heavy atom. The van der Waals surface area contributed by atoms with Crippen LogP contribution in [0.5, 0.6) is 0 Å². The van der Waals surface area contributed by atoms with Crippen molar-refractivity contribution in [3.8, 4) is 0 Å². The molecule has 0 amide bonds. The number of benzene rings is 4. The lowest BCUT2D eigenvalue weighted by atomic mass is 9.36. The third-order valence-electron chi connectivity index (χ3n) is 15.6. The third kappa shape index (κ3) is 4.58. The summed E-state index contributed by atoms with van der Waals surface area (Å²) in [7, 11) is 0. The zero-order valence-corrected chi connectivity index (χ0v) is 33.0. The average molecular weight is 697 g/mol. The van der Waals surface area contributed by atoms with E-state index in [1.165, 1.54) is 82.6 Å². The molecule has 10 rings (SSSR count). The van der Waals surface area contributed by atoms with Gasteiger partial charge in [0, 0.05) is 44.3 Å². The molecule has 4 heteroatoms. The van der Waals surface area contributed by atoms with Gasteiger partial charge in [-0.25, -0.2) is 0 Å². The van der Waals surface area contributed by atoms with E-state index >= 15 is 5.11 Å². The first-order valence-electron chi connectivity index (χ1n) is 20.5. The third-order valence-corrected chi connectivity index (χ3v) is 15.6. The van der Waals surface area contributed by atoms with Gasteiger partial charge >= 0.3 is 0 Å². The smallest absolute Gasteiger partial charge is 0.0455 e. The topological polar surface area (TPSA) is 52.6 Å². The molecule has 2 saturated heterocycles. The molecule has 4 aromatic rings. The molecule has 52 heavy (non-hydrogen) atoms. The van der Waals surface area contributed by atoms with Crippen molar-refractivity contribution in [2.24, 2.45) is 16.7 Å². The fraction of sp³-hybridized carbons (Fsp3) is 0.583. The quantitative estimate of drug-likeness (QED) is 0.209. The molecule has 2 heterocycles. The SMILES string of the molecule is CC1(C)CCCC(C)(C)N1c1ccc(C2C3CC2(C[O-])C2(CC2)C(c2ccc(N4C(C)(C)CCCC4(C)C)c4ccccc24)[C@H]3[O-])c2ccccc12. The van der Waals surface area contributed by atoms with Crippen molar-refractivity contribution in [2.75, 3.05) is 16.4 Å². The molecule has 4 unspecified atom stereocenters. The number of hydrogen-bond acceptors (Lipinski definition) is 4. The van der Waals surface area contributed by atoms with Crippen molar-refractivity contribution in [3.05, 3.63) is 83.9 Å². The Labute approximate surface area is 312 Å². The standard InChI is InChI=1S/C48H60N2O2/c1-43(2)23-13-24-44(3,4)49(43)38-21-19-35(31-15-9-11-17-33(31)38)40-37-29-48(40,30-51)47(27-28-47)41(42(37)52)36-20-22-39(34-18-12-10-16-32(34)36)50-45(5,6)25-14-26-46(50,7)8/h9-12,15-22,37,40-42H,13-14,23-30H2,1-8H3/q-2/t37?,40?,41?,42-,48?/m0/s1. The highest BCUT2D eigenvalue weighted by Crippen LogP contribution is 2.82. The van der Waals surface area contributed by atoms with Gasteiger partial charge in [0.15, 0.2) is 0 Å². The van der Waals surface area contributed by atoms with Gasteiger partial charge in [-0.2, -0.15) is 0 Å². The molecule has 4 saturated carbocycles. The summed E-state index contributed by atoms with van der Waals surface area (Å²) in [6.07, 6.45) is 9.15. The maximum atomic E-state index is 15.3. The summed E-state index contributed by atoms with van der Waals surface area (Å²) in [5, 5.41) is 34.2. The van der Waals surface area contributed by atoms with Crippen LogP contribution in [0.25, 0.3) is 21.5 Å². The van der Waals surface area contributed by atoms with Crippen molar-refractivity contribution in [2.45, 2.75) is 153 Å². The van der Waals surface area contributed by atoms with Crippen molar-refractivity contribution in [1.29, 1.82) is 0 Å². The first-order chi connectivity index (χ1) is 24.6. The molecule has 2 bridgehead atoms. The lowest BCUT2D eigenvalue weighted by molar-refractivity contribution is -0.491. The van der Waals surface area contributed by atoms with E-state index in [9.17, 15) is 5.11 Å². The summed E-state index contributed by atoms with van der Waals surface area (Å²) >= 11 is 0. The predicted octanol–water partition coefficient (Wildman–Crippen LogP) is 9.84. The molecule has 4 aliphatic carbocycles. The van der Waals surface area contributed by atoms with Crippen LogP contribution >= 0.6 is 0 Å². The van der Waals surface area contributed by atoms with Crippen LogP contribution in [-0.2, 0) is 0 Å². The van der Waals surface area contributed by atoms with Crippen LogP contribution in [0, 0.1) is 16.7 Å². The van der Waals surface area contributed by atoms with E-state index in [1.54, 1.807) is 0 Å². The van der Waals surface area contributed by atoms with E-state index < -0.39 is 11.5 Å². The average Bonchev–Trinajstić information content (AvgIpc) is 3.85. The predicted molar refractivity (Wildman–Crippen MR) is 213 cm³/mol. The largest absolute Gasteiger partial charge is 0.854 e. The zero-order valence-electron chi connectivity index (χ0n) is 33.0. The molecule has 4 aromatic carbocycles. The molecule has 1 spiro atoms. The van der Waals surface area contributed by atoms with Crippen LogP contribution in [0.3, 0.4) is 0 Å². The molecular formula is C48H60N2O2-2. The Morgan fingerprint density at radius 3 is 1.35 bits per heavy atom. The monoisotopic (exact) mass is 696 g/mol. The Bertz CT molecular complexity index is 2020. The highest BCUT2D eigenvalue weighted by molar-refractivity contribution is 5.99. The van der Waals surface area contributed by atoms with E-state index in [-0.39, 0.29) is 51.9 Å². The second kappa shape index (κ2) is 11.2. The van der Waals surface area contributed by atoms with Gasteiger partial charge in [-0.15, -0.1) is 12.7 Å². The fourth-order valence-corrected chi connectivity index (χ4v) is 13.7. The first-order valence-corrected chi connectivity index (χ1v) is 20.5. The van der Waals surface area contributed by atoms with Gasteiger partial charge in [0.2, 0.25) is 0 Å². The summed E-state index contributed by atoms with van der Waals surface area (Å²) in [6, 6.07) is 27.1. The molecular weight excluding hydrogens is 637 g/mol. The Hall–Kier alpha value is -3.08. The molecule has 4 nitrogen and oxygen atoms in total. The normalized spacial score (nSPS) is 32.2. The summed E-state index contributed by atoms with van der Waals surface area (Å²) < 4.78 is 0. The van der Waals surface area contributed by atoms with Crippen molar-refractivity contribution >= 4 is 32.9 Å². The lowest BCUT2D eigenvalue weighted by Gasteiger charge is -2.74. The van der Waals surface area contributed by atoms with Gasteiger partial charge < -0.3 is 20.0 Å². The van der Waals surface area contributed by atoms with Crippen LogP contribution in [0.1, 0.15) is 136 Å². The zero-order chi connectivity index (χ0) is 36.6. The van der Waals surface area contributed by atoms with E-state index in [4.69, 9.17) is 0 Å². The van der Waals surface area contributed by atoms with Crippen LogP contribution in [-0.4, -0.2) is 34.9 Å². The van der Waals surface area contributed by atoms with Gasteiger partial charge in [-0.1, -0.05) is 60.7 Å². The Morgan fingerprint density at radius 1 is 0.538 bits per heavy atom. The fourth-order valence-electron chi connectivity index (χ4n) is 13.7. The van der Waals surface area contributed by atoms with Crippen LogP contribution in [0.15, 0.2) is 72.8 Å². The van der Waals surface area contributed by atoms with Gasteiger partial charge in [-0.05, 0) is 176 Å². The summed E-state index contributed by atoms with van der Waals surface area (Å²) in [5.41, 5.74) is 4.53. The number of piperidine rings is 2. The lowest BCUT2D eigenvalue weighted by Crippen LogP contribution is -2.70. The minimum atomic E-state index is -0.739. The minimum absolute atomic E-state index is 0.00746. The van der Waals surface area contributed by atoms with Crippen molar-refractivity contribution in [3.63, 3.8) is 0 Å². The van der Waals surface area contributed by atoms with E-state index in [0.717, 1.165) is 19.3 Å². The summed E-state index contributed by atoms with van der Waals surface area (Å²) in [6.45, 7) is 19.0. The number of hydrogen-bond donors (Lipinski definition) is 0. The highest BCUT2D eigenvalue weighted by Gasteiger charge is 2.74. The second-order valence-electron chi connectivity index (χ2n) is 20.3. The van der Waals surface area contributed by atoms with Gasteiger partial charge in [-0.3, -0.25) is 0 Å². The van der Waals surface area contributed by atoms with E-state index in [0.29, 0.717) is 0 Å². The van der Waals surface area contributed by atoms with Gasteiger partial charge in [0.1, 0.15) is 0 Å². The number of anilines is 2. The maximum Gasteiger partial charge on any atom is 0.0455 e. The van der Waals surface area contributed by atoms with Gasteiger partial charge in [0.05, 0.1) is 0 Å². The first kappa shape index (κ1) is 34.7. The van der Waals surface area contributed by atoms with Crippen LogP contribution < -0.4 is 20.0 Å². The summed E-state index contributed by atoms with van der Waals surface area (Å²) in [5.74, 6) is -0.174. The van der Waals surface area contributed by atoms with E-state index in [2.05, 4.69) is 138 Å². The molecule has 6 aliphatic rings. The van der Waals surface area contributed by atoms with Crippen molar-refractivity contribution < 1.29 is 10.2 Å². The molecule has 5 atom stereocenters. The Kier molecular flexibility index (Phi) is 7.49. The molecule has 2 aliphatic heterocycles. The number of nitrogens with zero attached hydrogens (tertiary/aromatic N) is 2. The molecule has 276 valence electrons. The summed E-state index contributed by atoms with van der Waals surface area (Å²) in [4.78, 5) is 5.35. The van der Waals surface area contributed by atoms with E-state index in [1.807, 2.05) is 0 Å². The van der Waals surface area contributed by atoms with Gasteiger partial charge in [0.25, 0.3) is 0 Å². The van der Waals surface area contributed by atoms with Crippen LogP contribution in [0.2, 0.25) is 0 Å². The Balaban J connectivity index is 1.16. The highest BCUT2D eigenvalue weighted by atomic mass is 16.3. The molecule has 0 radical (unpaired) electrons. The number of rotatable bonds is 5. The van der Waals surface area contributed by atoms with Crippen LogP contribution in [0.4, 0.5) is 11.4 Å². The van der Waals surface area contributed by atoms with Crippen molar-refractivity contribution in [1.82, 2.24) is 0 Å². The minimum Gasteiger partial charge on any atom is -0.854 e. The molecule has 0 aromatic heterocycles. The maximum absolute atomic E-state index is 15.3. The molecule has 6 fully saturated rings.